The highest BCUT2D eigenvalue weighted by molar-refractivity contribution is 6.16. The third-order valence-corrected chi connectivity index (χ3v) is 3.18. The Morgan fingerprint density at radius 2 is 2.53 bits per heavy atom. The minimum atomic E-state index is 0.258. The summed E-state index contributed by atoms with van der Waals surface area (Å²) < 4.78 is 7.27. The Hall–Kier alpha value is -0.680. The van der Waals surface area contributed by atoms with Crippen LogP contribution in [0.25, 0.3) is 0 Å². The summed E-state index contributed by atoms with van der Waals surface area (Å²) in [5.74, 6) is 1.57. The molecule has 2 rings (SSSR count). The highest BCUT2D eigenvalue weighted by atomic mass is 35.5. The fourth-order valence-electron chi connectivity index (χ4n) is 1.96. The first-order valence-electron chi connectivity index (χ1n) is 5.23. The largest absolute Gasteiger partial charge is 0.381 e. The molecule has 1 aromatic heterocycles. The van der Waals surface area contributed by atoms with Crippen molar-refractivity contribution in [1.29, 1.82) is 0 Å². The van der Waals surface area contributed by atoms with E-state index in [1.165, 1.54) is 6.42 Å². The summed E-state index contributed by atoms with van der Waals surface area (Å²) in [5.41, 5.74) is 0. The zero-order valence-corrected chi connectivity index (χ0v) is 9.52. The van der Waals surface area contributed by atoms with E-state index in [0.717, 1.165) is 25.5 Å². The van der Waals surface area contributed by atoms with E-state index in [9.17, 15) is 0 Å². The molecule has 2 atom stereocenters. The monoisotopic (exact) mass is 230 g/mol. The van der Waals surface area contributed by atoms with E-state index in [4.69, 9.17) is 16.3 Å². The minimum Gasteiger partial charge on any atom is -0.381 e. The second-order valence-electron chi connectivity index (χ2n) is 3.89. The van der Waals surface area contributed by atoms with Gasteiger partial charge in [-0.15, -0.1) is 16.7 Å². The Morgan fingerprint density at radius 1 is 1.67 bits per heavy atom. The molecule has 6 heteroatoms. The van der Waals surface area contributed by atoms with Crippen LogP contribution in [0.4, 0.5) is 0 Å². The minimum absolute atomic E-state index is 0.258. The van der Waals surface area contributed by atoms with E-state index in [0.29, 0.717) is 11.8 Å². The topological polar surface area (TPSA) is 52.8 Å². The van der Waals surface area contributed by atoms with Crippen molar-refractivity contribution in [1.82, 2.24) is 20.2 Å². The van der Waals surface area contributed by atoms with Gasteiger partial charge in [0.1, 0.15) is 0 Å². The summed E-state index contributed by atoms with van der Waals surface area (Å²) in [6, 6.07) is 0.258. The van der Waals surface area contributed by atoms with Crippen LogP contribution in [0, 0.1) is 5.92 Å². The third-order valence-electron chi connectivity index (χ3n) is 2.94. The second kappa shape index (κ2) is 4.90. The maximum absolute atomic E-state index is 5.76. The lowest BCUT2D eigenvalue weighted by Gasteiger charge is -2.27. The molecule has 0 aliphatic carbocycles. The number of ether oxygens (including phenoxy) is 1. The summed E-state index contributed by atoms with van der Waals surface area (Å²) in [4.78, 5) is 0. The average Bonchev–Trinajstić information content (AvgIpc) is 2.77. The Labute approximate surface area is 93.7 Å². The van der Waals surface area contributed by atoms with Crippen LogP contribution in [0.15, 0.2) is 0 Å². The average molecular weight is 231 g/mol. The number of alkyl halides is 1. The predicted molar refractivity (Wildman–Crippen MR) is 55.6 cm³/mol. The number of tetrazole rings is 1. The molecule has 0 aromatic carbocycles. The first-order valence-corrected chi connectivity index (χ1v) is 5.77. The van der Waals surface area contributed by atoms with Crippen molar-refractivity contribution in [3.63, 3.8) is 0 Å². The van der Waals surface area contributed by atoms with Gasteiger partial charge in [-0.05, 0) is 30.2 Å². The lowest BCUT2D eigenvalue weighted by molar-refractivity contribution is 0.0335. The number of aromatic nitrogens is 4. The summed E-state index contributed by atoms with van der Waals surface area (Å²) in [5, 5.41) is 11.5. The predicted octanol–water partition coefficient (Wildman–Crippen LogP) is 1.40. The van der Waals surface area contributed by atoms with Crippen LogP contribution < -0.4 is 0 Å². The van der Waals surface area contributed by atoms with Crippen LogP contribution in [0.5, 0.6) is 0 Å². The van der Waals surface area contributed by atoms with Crippen molar-refractivity contribution in [2.75, 3.05) is 13.2 Å². The number of hydrogen-bond donors (Lipinski definition) is 0. The Morgan fingerprint density at radius 3 is 3.20 bits per heavy atom. The molecule has 0 amide bonds. The molecule has 0 bridgehead atoms. The van der Waals surface area contributed by atoms with Gasteiger partial charge in [-0.2, -0.15) is 0 Å². The van der Waals surface area contributed by atoms with Gasteiger partial charge in [0.15, 0.2) is 5.82 Å². The van der Waals surface area contributed by atoms with Gasteiger partial charge in [0.05, 0.1) is 18.5 Å². The summed E-state index contributed by atoms with van der Waals surface area (Å²) in [6.07, 6.45) is 2.29. The molecule has 0 spiro atoms. The second-order valence-corrected chi connectivity index (χ2v) is 4.16. The van der Waals surface area contributed by atoms with Gasteiger partial charge in [-0.25, -0.2) is 4.68 Å². The molecule has 2 unspecified atom stereocenters. The first-order chi connectivity index (χ1) is 7.33. The summed E-state index contributed by atoms with van der Waals surface area (Å²) >= 11 is 5.76. The molecular formula is C9H15ClN4O. The van der Waals surface area contributed by atoms with Crippen LogP contribution in [0.2, 0.25) is 0 Å². The van der Waals surface area contributed by atoms with Gasteiger partial charge in [-0.1, -0.05) is 0 Å². The van der Waals surface area contributed by atoms with E-state index in [2.05, 4.69) is 22.4 Å². The lowest BCUT2D eigenvalue weighted by Crippen LogP contribution is -2.27. The molecule has 1 aliphatic heterocycles. The Bertz CT molecular complexity index is 311. The number of rotatable bonds is 3. The first kappa shape index (κ1) is 10.8. The fourth-order valence-corrected chi connectivity index (χ4v) is 2.14. The van der Waals surface area contributed by atoms with Crippen molar-refractivity contribution in [3.05, 3.63) is 5.82 Å². The molecule has 1 aromatic rings. The third kappa shape index (κ3) is 2.29. The van der Waals surface area contributed by atoms with E-state index >= 15 is 0 Å². The molecule has 1 aliphatic rings. The van der Waals surface area contributed by atoms with Crippen LogP contribution in [-0.4, -0.2) is 33.4 Å². The van der Waals surface area contributed by atoms with Gasteiger partial charge in [0.2, 0.25) is 0 Å². The molecule has 15 heavy (non-hydrogen) atoms. The maximum Gasteiger partial charge on any atom is 0.166 e. The van der Waals surface area contributed by atoms with Gasteiger partial charge in [-0.3, -0.25) is 0 Å². The quantitative estimate of drug-likeness (QED) is 0.737. The molecule has 2 heterocycles. The molecule has 5 nitrogen and oxygen atoms in total. The van der Waals surface area contributed by atoms with Gasteiger partial charge in [0.25, 0.3) is 0 Å². The number of nitrogens with zero attached hydrogens (tertiary/aromatic N) is 4. The summed E-state index contributed by atoms with van der Waals surface area (Å²) in [6.45, 7) is 3.79. The van der Waals surface area contributed by atoms with Crippen molar-refractivity contribution in [2.45, 2.75) is 31.7 Å². The van der Waals surface area contributed by atoms with Gasteiger partial charge in [0, 0.05) is 12.5 Å². The lowest BCUT2D eigenvalue weighted by atomic mass is 9.95. The van der Waals surface area contributed by atoms with Crippen LogP contribution in [-0.2, 0) is 10.6 Å². The van der Waals surface area contributed by atoms with Crippen molar-refractivity contribution < 1.29 is 4.74 Å². The molecule has 0 N–H and O–H groups in total. The molecule has 84 valence electrons. The zero-order chi connectivity index (χ0) is 10.7. The van der Waals surface area contributed by atoms with Crippen LogP contribution in [0.1, 0.15) is 31.6 Å². The zero-order valence-electron chi connectivity index (χ0n) is 8.77. The van der Waals surface area contributed by atoms with Crippen LogP contribution in [0.3, 0.4) is 0 Å². The summed E-state index contributed by atoms with van der Waals surface area (Å²) in [7, 11) is 0. The van der Waals surface area contributed by atoms with E-state index < -0.39 is 0 Å². The molecule has 1 fully saturated rings. The maximum atomic E-state index is 5.76. The van der Waals surface area contributed by atoms with Crippen LogP contribution >= 0.6 is 11.6 Å². The fraction of sp³-hybridized carbons (Fsp3) is 0.889. The molecule has 0 radical (unpaired) electrons. The van der Waals surface area contributed by atoms with Crippen molar-refractivity contribution in [2.24, 2.45) is 5.92 Å². The van der Waals surface area contributed by atoms with E-state index in [-0.39, 0.29) is 6.04 Å². The SMILES string of the molecule is CC(C1CCCOC1)n1nnnc1CCl. The van der Waals surface area contributed by atoms with Gasteiger partial charge < -0.3 is 4.74 Å². The van der Waals surface area contributed by atoms with E-state index in [1.807, 2.05) is 4.68 Å². The van der Waals surface area contributed by atoms with Crippen molar-refractivity contribution in [3.8, 4) is 0 Å². The molecular weight excluding hydrogens is 216 g/mol. The number of halogens is 1. The molecule has 0 saturated carbocycles. The van der Waals surface area contributed by atoms with Crippen molar-refractivity contribution >= 4 is 11.6 Å². The van der Waals surface area contributed by atoms with Gasteiger partial charge >= 0.3 is 0 Å². The Kier molecular flexibility index (Phi) is 3.53. The molecule has 1 saturated heterocycles. The Balaban J connectivity index is 2.08. The number of hydrogen-bond acceptors (Lipinski definition) is 4. The smallest absolute Gasteiger partial charge is 0.166 e. The van der Waals surface area contributed by atoms with E-state index in [1.54, 1.807) is 0 Å². The highest BCUT2D eigenvalue weighted by Crippen LogP contribution is 2.26. The highest BCUT2D eigenvalue weighted by Gasteiger charge is 2.24. The standard InChI is InChI=1S/C9H15ClN4O/c1-7(8-3-2-4-15-6-8)14-9(5-10)11-12-13-14/h7-8H,2-6H2,1H3. The normalized spacial score (nSPS) is 24.0.